The molecule has 1 N–H and O–H groups in total. The molecule has 5 nitrogen and oxygen atoms in total. The van der Waals surface area contributed by atoms with E-state index in [0.717, 1.165) is 0 Å². The molecule has 1 rings (SSSR count). The molecule has 0 amide bonds. The lowest BCUT2D eigenvalue weighted by atomic mass is 10.0. The summed E-state index contributed by atoms with van der Waals surface area (Å²) >= 11 is 0. The minimum Gasteiger partial charge on any atom is -0.504 e. The van der Waals surface area contributed by atoms with Gasteiger partial charge < -0.3 is 14.6 Å². The quantitative estimate of drug-likeness (QED) is 0.301. The molecule has 0 saturated heterocycles. The van der Waals surface area contributed by atoms with Gasteiger partial charge in [0.05, 0.1) is 12.7 Å². The second-order valence-corrected chi connectivity index (χ2v) is 5.17. The number of esters is 1. The summed E-state index contributed by atoms with van der Waals surface area (Å²) in [6.45, 7) is 8.49. The largest absolute Gasteiger partial charge is 0.504 e. The minimum atomic E-state index is -0.815. The van der Waals surface area contributed by atoms with Crippen molar-refractivity contribution < 1.29 is 24.2 Å². The molecule has 1 aromatic carbocycles. The maximum Gasteiger partial charge on any atom is 0.342 e. The van der Waals surface area contributed by atoms with Gasteiger partial charge in [0.15, 0.2) is 11.5 Å². The number of para-hydroxylation sites is 1. The lowest BCUT2D eigenvalue weighted by molar-refractivity contribution is -0.149. The highest BCUT2D eigenvalue weighted by Crippen LogP contribution is 2.31. The van der Waals surface area contributed by atoms with Gasteiger partial charge in [0.2, 0.25) is 5.78 Å². The lowest BCUT2D eigenvalue weighted by Gasteiger charge is -2.20. The fraction of sp³-hybridized carbons (Fsp3) is 0.333. The number of methoxy groups -OCH3 is 1. The van der Waals surface area contributed by atoms with Crippen LogP contribution < -0.4 is 4.74 Å². The van der Waals surface area contributed by atoms with Crippen LogP contribution in [0.3, 0.4) is 0 Å². The predicted molar refractivity (Wildman–Crippen MR) is 74.0 cm³/mol. The van der Waals surface area contributed by atoms with Gasteiger partial charge in [0.1, 0.15) is 11.2 Å². The van der Waals surface area contributed by atoms with E-state index in [9.17, 15) is 14.7 Å². The molecule has 0 saturated carbocycles. The normalized spacial score (nSPS) is 10.8. The number of ether oxygens (including phenoxy) is 2. The molecule has 108 valence electrons. The molecule has 0 fully saturated rings. The summed E-state index contributed by atoms with van der Waals surface area (Å²) in [5.74, 6) is -1.70. The topological polar surface area (TPSA) is 72.8 Å². The first-order chi connectivity index (χ1) is 9.17. The van der Waals surface area contributed by atoms with Crippen LogP contribution in [-0.2, 0) is 9.53 Å². The van der Waals surface area contributed by atoms with Crippen molar-refractivity contribution in [3.8, 4) is 11.5 Å². The second kappa shape index (κ2) is 5.77. The maximum atomic E-state index is 12.1. The highest BCUT2D eigenvalue weighted by molar-refractivity contribution is 6.24. The molecule has 0 aromatic heterocycles. The number of benzene rings is 1. The number of aromatic hydroxyl groups is 1. The Morgan fingerprint density at radius 3 is 2.35 bits per heavy atom. The van der Waals surface area contributed by atoms with Crippen molar-refractivity contribution in [1.29, 1.82) is 0 Å². The van der Waals surface area contributed by atoms with Crippen LogP contribution in [0.25, 0.3) is 0 Å². The minimum absolute atomic E-state index is 0.0554. The van der Waals surface area contributed by atoms with E-state index >= 15 is 0 Å². The zero-order chi connectivity index (χ0) is 15.5. The highest BCUT2D eigenvalue weighted by atomic mass is 16.6. The standard InChI is InChI=1S/C15H18O5/c1-9(14(18)20-15(2,3)4)12(16)10-7-6-8-11(19-5)13(10)17/h6-8,17H,1H2,2-5H3. The molecule has 1 aromatic rings. The Hall–Kier alpha value is -2.30. The Balaban J connectivity index is 3.01. The van der Waals surface area contributed by atoms with Crippen LogP contribution in [0.5, 0.6) is 11.5 Å². The third-order valence-corrected chi connectivity index (χ3v) is 2.38. The first kappa shape index (κ1) is 15.8. The molecular weight excluding hydrogens is 260 g/mol. The Kier molecular flexibility index (Phi) is 4.55. The monoisotopic (exact) mass is 278 g/mol. The van der Waals surface area contributed by atoms with Crippen molar-refractivity contribution >= 4 is 11.8 Å². The number of carbonyl (C=O) groups is 2. The molecule has 0 aliphatic carbocycles. The van der Waals surface area contributed by atoms with E-state index in [4.69, 9.17) is 9.47 Å². The summed E-state index contributed by atoms with van der Waals surface area (Å²) in [4.78, 5) is 23.9. The van der Waals surface area contributed by atoms with Crippen LogP contribution in [0, 0.1) is 0 Å². The average Bonchev–Trinajstić information content (AvgIpc) is 2.35. The van der Waals surface area contributed by atoms with Crippen molar-refractivity contribution in [3.63, 3.8) is 0 Å². The second-order valence-electron chi connectivity index (χ2n) is 5.17. The van der Waals surface area contributed by atoms with Crippen LogP contribution >= 0.6 is 0 Å². The van der Waals surface area contributed by atoms with E-state index in [1.807, 2.05) is 0 Å². The van der Waals surface area contributed by atoms with Gasteiger partial charge in [-0.3, -0.25) is 4.79 Å². The van der Waals surface area contributed by atoms with Crippen LogP contribution in [0.4, 0.5) is 0 Å². The number of Topliss-reactive ketones (excluding diaryl/α,β-unsaturated/α-hetero) is 1. The molecule has 0 spiro atoms. The summed E-state index contributed by atoms with van der Waals surface area (Å²) in [6, 6.07) is 4.42. The van der Waals surface area contributed by atoms with Gasteiger partial charge in [0.25, 0.3) is 0 Å². The predicted octanol–water partition coefficient (Wildman–Crippen LogP) is 2.48. The van der Waals surface area contributed by atoms with Crippen molar-refractivity contribution in [2.75, 3.05) is 7.11 Å². The van der Waals surface area contributed by atoms with E-state index in [1.165, 1.54) is 25.3 Å². The van der Waals surface area contributed by atoms with Crippen LogP contribution in [-0.4, -0.2) is 29.6 Å². The van der Waals surface area contributed by atoms with Gasteiger partial charge in [0, 0.05) is 0 Å². The third-order valence-electron chi connectivity index (χ3n) is 2.38. The molecule has 0 radical (unpaired) electrons. The zero-order valence-corrected chi connectivity index (χ0v) is 12.0. The van der Waals surface area contributed by atoms with Crippen molar-refractivity contribution in [3.05, 3.63) is 35.9 Å². The summed E-state index contributed by atoms with van der Waals surface area (Å²) in [5, 5.41) is 9.88. The fourth-order valence-electron chi connectivity index (χ4n) is 1.47. The smallest absolute Gasteiger partial charge is 0.342 e. The van der Waals surface area contributed by atoms with E-state index in [1.54, 1.807) is 20.8 Å². The first-order valence-electron chi connectivity index (χ1n) is 6.00. The lowest BCUT2D eigenvalue weighted by Crippen LogP contribution is -2.27. The summed E-state index contributed by atoms with van der Waals surface area (Å²) < 4.78 is 9.97. The maximum absolute atomic E-state index is 12.1. The number of rotatable bonds is 4. The highest BCUT2D eigenvalue weighted by Gasteiger charge is 2.26. The molecule has 0 aliphatic rings. The Labute approximate surface area is 117 Å². The van der Waals surface area contributed by atoms with E-state index in [2.05, 4.69) is 6.58 Å². The van der Waals surface area contributed by atoms with Gasteiger partial charge in [-0.25, -0.2) is 4.79 Å². The molecule has 0 bridgehead atoms. The van der Waals surface area contributed by atoms with Gasteiger partial charge >= 0.3 is 5.97 Å². The average molecular weight is 278 g/mol. The molecule has 20 heavy (non-hydrogen) atoms. The summed E-state index contributed by atoms with van der Waals surface area (Å²) in [7, 11) is 1.37. The van der Waals surface area contributed by atoms with Crippen LogP contribution in [0.2, 0.25) is 0 Å². The van der Waals surface area contributed by atoms with Crippen LogP contribution in [0.15, 0.2) is 30.4 Å². The molecule has 5 heteroatoms. The van der Waals surface area contributed by atoms with E-state index in [0.29, 0.717) is 0 Å². The van der Waals surface area contributed by atoms with Gasteiger partial charge in [-0.05, 0) is 32.9 Å². The summed E-state index contributed by atoms with van der Waals surface area (Å²) in [6.07, 6.45) is 0. The van der Waals surface area contributed by atoms with Crippen LogP contribution in [0.1, 0.15) is 31.1 Å². The van der Waals surface area contributed by atoms with Gasteiger partial charge in [-0.15, -0.1) is 0 Å². The summed E-state index contributed by atoms with van der Waals surface area (Å²) in [5.41, 5.74) is -1.12. The van der Waals surface area contributed by atoms with E-state index < -0.39 is 17.4 Å². The number of phenolic OH excluding ortho intramolecular Hbond substituents is 1. The molecule has 0 heterocycles. The van der Waals surface area contributed by atoms with Crippen molar-refractivity contribution in [1.82, 2.24) is 0 Å². The number of phenols is 1. The number of carbonyl (C=O) groups excluding carboxylic acids is 2. The number of hydrogen-bond acceptors (Lipinski definition) is 5. The number of ketones is 1. The van der Waals surface area contributed by atoms with E-state index in [-0.39, 0.29) is 22.6 Å². The van der Waals surface area contributed by atoms with Crippen molar-refractivity contribution in [2.45, 2.75) is 26.4 Å². The Bertz CT molecular complexity index is 552. The molecule has 0 aliphatic heterocycles. The number of hydrogen-bond donors (Lipinski definition) is 1. The van der Waals surface area contributed by atoms with Crippen molar-refractivity contribution in [2.24, 2.45) is 0 Å². The van der Waals surface area contributed by atoms with Gasteiger partial charge in [-0.1, -0.05) is 12.6 Å². The molecular formula is C15H18O5. The first-order valence-corrected chi connectivity index (χ1v) is 6.00. The zero-order valence-electron chi connectivity index (χ0n) is 12.0. The third kappa shape index (κ3) is 3.60. The molecule has 0 unspecified atom stereocenters. The SMILES string of the molecule is C=C(C(=O)OC(C)(C)C)C(=O)c1cccc(OC)c1O. The van der Waals surface area contributed by atoms with Gasteiger partial charge in [-0.2, -0.15) is 0 Å². The fourth-order valence-corrected chi connectivity index (χ4v) is 1.47. The Morgan fingerprint density at radius 2 is 1.85 bits per heavy atom. The molecule has 0 atom stereocenters. The Morgan fingerprint density at radius 1 is 1.25 bits per heavy atom.